The first-order chi connectivity index (χ1) is 12.4. The van der Waals surface area contributed by atoms with Gasteiger partial charge in [0.2, 0.25) is 5.96 Å². The fourth-order valence-electron chi connectivity index (χ4n) is 2.24. The van der Waals surface area contributed by atoms with E-state index in [1.165, 1.54) is 23.5 Å². The highest BCUT2D eigenvalue weighted by Crippen LogP contribution is 2.56. The Morgan fingerprint density at radius 2 is 2.35 bits per heavy atom. The molecule has 1 aliphatic heterocycles. The summed E-state index contributed by atoms with van der Waals surface area (Å²) >= 11 is 6.63. The van der Waals surface area contributed by atoms with Gasteiger partial charge in [-0.15, -0.1) is 0 Å². The molecule has 132 valence electrons. The van der Waals surface area contributed by atoms with Gasteiger partial charge in [-0.25, -0.2) is 9.97 Å². The van der Waals surface area contributed by atoms with Gasteiger partial charge in [0.1, 0.15) is 0 Å². The molecule has 0 fully saturated rings. The van der Waals surface area contributed by atoms with Gasteiger partial charge in [-0.3, -0.25) is 15.2 Å². The van der Waals surface area contributed by atoms with Crippen molar-refractivity contribution in [2.45, 2.75) is 0 Å². The van der Waals surface area contributed by atoms with Crippen LogP contribution in [0.2, 0.25) is 0 Å². The molecular weight excluding hydrogens is 397 g/mol. The minimum Gasteiger partial charge on any atom is -0.428 e. The number of nitro groups is 1. The first kappa shape index (κ1) is 16.6. The van der Waals surface area contributed by atoms with Gasteiger partial charge < -0.3 is 15.6 Å². The van der Waals surface area contributed by atoms with Crippen molar-refractivity contribution < 1.29 is 9.45 Å². The monoisotopic (exact) mass is 407 g/mol. The van der Waals surface area contributed by atoms with E-state index in [1.54, 1.807) is 24.4 Å². The number of thiazole rings is 1. The lowest BCUT2D eigenvalue weighted by atomic mass is 10.3. The molecule has 13 heteroatoms. The van der Waals surface area contributed by atoms with Gasteiger partial charge in [0.15, 0.2) is 16.7 Å². The third kappa shape index (κ3) is 3.17. The number of nitrogens with zero attached hydrogens (tertiary/aromatic N) is 4. The quantitative estimate of drug-likeness (QED) is 0.196. The van der Waals surface area contributed by atoms with E-state index in [4.69, 9.17) is 22.1 Å². The summed E-state index contributed by atoms with van der Waals surface area (Å²) in [6.07, 6.45) is 1.62. The summed E-state index contributed by atoms with van der Waals surface area (Å²) in [6, 6.07) is 7.90. The number of aromatic nitrogens is 2. The summed E-state index contributed by atoms with van der Waals surface area (Å²) < 4.78 is 10.5. The lowest BCUT2D eigenvalue weighted by Gasteiger charge is -2.10. The summed E-state index contributed by atoms with van der Waals surface area (Å²) in [6.45, 7) is -2.79. The van der Waals surface area contributed by atoms with Crippen LogP contribution in [0.15, 0.2) is 41.3 Å². The Kier molecular flexibility index (Phi) is 3.94. The third-order valence-corrected chi connectivity index (χ3v) is 6.39. The van der Waals surface area contributed by atoms with Gasteiger partial charge in [0.25, 0.3) is 5.69 Å². The van der Waals surface area contributed by atoms with Gasteiger partial charge in [-0.2, -0.15) is 4.76 Å². The minimum absolute atomic E-state index is 0.00130. The highest BCUT2D eigenvalue weighted by atomic mass is 32.4. The van der Waals surface area contributed by atoms with E-state index < -0.39 is 11.5 Å². The van der Waals surface area contributed by atoms with E-state index in [0.29, 0.717) is 26.9 Å². The van der Waals surface area contributed by atoms with Crippen LogP contribution in [-0.4, -0.2) is 20.9 Å². The van der Waals surface area contributed by atoms with Crippen LogP contribution in [-0.2, 0) is 11.8 Å². The number of hydrogen-bond donors (Lipinski definition) is 3. The second-order valence-electron chi connectivity index (χ2n) is 5.11. The first-order valence-corrected chi connectivity index (χ1v) is 10.6. The molecular formula is C13H10N7O3PS2. The number of anilines is 2. The van der Waals surface area contributed by atoms with E-state index in [1.807, 2.05) is 0 Å². The first-order valence-electron chi connectivity index (χ1n) is 7.12. The molecule has 0 bridgehead atoms. The zero-order valence-corrected chi connectivity index (χ0v) is 15.3. The van der Waals surface area contributed by atoms with Gasteiger partial charge in [0, 0.05) is 18.3 Å². The second-order valence-corrected chi connectivity index (χ2v) is 9.27. The Labute approximate surface area is 155 Å². The molecule has 26 heavy (non-hydrogen) atoms. The second kappa shape index (κ2) is 6.16. The average molecular weight is 407 g/mol. The molecule has 0 spiro atoms. The number of rotatable bonds is 3. The molecule has 0 radical (unpaired) electrons. The fourth-order valence-corrected chi connectivity index (χ4v) is 5.23. The van der Waals surface area contributed by atoms with Crippen LogP contribution in [0, 0.1) is 10.1 Å². The van der Waals surface area contributed by atoms with Gasteiger partial charge >= 0.3 is 6.57 Å². The summed E-state index contributed by atoms with van der Waals surface area (Å²) in [4.78, 5) is 18.8. The van der Waals surface area contributed by atoms with Crippen molar-refractivity contribution in [3.05, 3.63) is 46.6 Å². The molecule has 4 rings (SSSR count). The van der Waals surface area contributed by atoms with E-state index >= 15 is 0 Å². The van der Waals surface area contributed by atoms with Crippen molar-refractivity contribution in [1.82, 2.24) is 9.97 Å². The standard InChI is InChI=1S/C13H10N7O3PS2/c14-12(19-24(25)18-11-9(23-24)2-1-5-15-11)17-13-16-8-4-3-7(20(21)22)6-10(8)26-13/h1-6H,(H4,14,15,16,17,18,19,25). The fraction of sp³-hybridized carbons (Fsp3) is 0. The Morgan fingerprint density at radius 3 is 3.12 bits per heavy atom. The molecule has 10 nitrogen and oxygen atoms in total. The number of nitrogens with one attached hydrogen (secondary N) is 2. The number of hydrogen-bond acceptors (Lipinski definition) is 7. The smallest absolute Gasteiger partial charge is 0.325 e. The third-order valence-electron chi connectivity index (χ3n) is 3.30. The number of fused-ring (bicyclic) bond motifs is 2. The number of benzene rings is 1. The predicted octanol–water partition coefficient (Wildman–Crippen LogP) is 3.06. The summed E-state index contributed by atoms with van der Waals surface area (Å²) in [5.41, 5.74) is 6.54. The van der Waals surface area contributed by atoms with E-state index in [-0.39, 0.29) is 11.6 Å². The van der Waals surface area contributed by atoms with Crippen molar-refractivity contribution in [2.75, 3.05) is 10.4 Å². The van der Waals surface area contributed by atoms with Crippen LogP contribution in [0.25, 0.3) is 10.2 Å². The van der Waals surface area contributed by atoms with Crippen LogP contribution in [0.1, 0.15) is 0 Å². The highest BCUT2D eigenvalue weighted by Gasteiger charge is 2.30. The van der Waals surface area contributed by atoms with Gasteiger partial charge in [-0.05, 0) is 30.0 Å². The Bertz CT molecular complexity index is 1090. The summed E-state index contributed by atoms with van der Waals surface area (Å²) in [5, 5.41) is 17.1. The molecule has 3 aromatic rings. The normalized spacial score (nSPS) is 18.8. The molecule has 0 saturated heterocycles. The SMILES string of the molecule is N/C(=N\P1(=S)Nc2ncccc2O1)Nc1nc2ccc([N+](=O)[O-])cc2s1. The molecule has 0 amide bonds. The zero-order chi connectivity index (χ0) is 18.3. The lowest BCUT2D eigenvalue weighted by molar-refractivity contribution is -0.384. The Balaban J connectivity index is 1.55. The van der Waals surface area contributed by atoms with Crippen molar-refractivity contribution in [3.8, 4) is 5.75 Å². The minimum atomic E-state index is -2.79. The number of pyridine rings is 1. The topological polar surface area (TPSA) is 141 Å². The zero-order valence-electron chi connectivity index (χ0n) is 12.8. The number of guanidine groups is 1. The molecule has 1 aromatic carbocycles. The van der Waals surface area contributed by atoms with Gasteiger partial charge in [0.05, 0.1) is 15.1 Å². The maximum atomic E-state index is 10.9. The molecule has 1 aliphatic rings. The molecule has 1 atom stereocenters. The maximum Gasteiger partial charge on any atom is 0.325 e. The summed E-state index contributed by atoms with van der Waals surface area (Å²) in [7, 11) is 0. The highest BCUT2D eigenvalue weighted by molar-refractivity contribution is 8.12. The molecule has 0 aliphatic carbocycles. The maximum absolute atomic E-state index is 10.9. The lowest BCUT2D eigenvalue weighted by Crippen LogP contribution is -2.22. The predicted molar refractivity (Wildman–Crippen MR) is 104 cm³/mol. The molecule has 3 heterocycles. The van der Waals surface area contributed by atoms with Gasteiger partial charge in [-0.1, -0.05) is 11.3 Å². The summed E-state index contributed by atoms with van der Waals surface area (Å²) in [5.74, 6) is 1.08. The van der Waals surface area contributed by atoms with E-state index in [9.17, 15) is 10.1 Å². The average Bonchev–Trinajstić information content (AvgIpc) is 3.12. The largest absolute Gasteiger partial charge is 0.428 e. The molecule has 0 saturated carbocycles. The molecule has 1 unspecified atom stereocenters. The number of nitro benzene ring substituents is 1. The van der Waals surface area contributed by atoms with Crippen LogP contribution < -0.4 is 20.7 Å². The van der Waals surface area contributed by atoms with E-state index in [2.05, 4.69) is 25.1 Å². The van der Waals surface area contributed by atoms with Crippen molar-refractivity contribution in [3.63, 3.8) is 0 Å². The van der Waals surface area contributed by atoms with Crippen LogP contribution in [0.3, 0.4) is 0 Å². The van der Waals surface area contributed by atoms with Crippen molar-refractivity contribution >= 4 is 62.5 Å². The van der Waals surface area contributed by atoms with Crippen LogP contribution in [0.5, 0.6) is 5.75 Å². The van der Waals surface area contributed by atoms with Crippen molar-refractivity contribution in [2.24, 2.45) is 10.5 Å². The molecule has 4 N–H and O–H groups in total. The Hall–Kier alpha value is -2.82. The Morgan fingerprint density at radius 1 is 1.50 bits per heavy atom. The van der Waals surface area contributed by atoms with Crippen LogP contribution in [0.4, 0.5) is 16.6 Å². The molecule has 2 aromatic heterocycles. The number of nitrogens with two attached hydrogens (primary N) is 1. The number of non-ortho nitro benzene ring substituents is 1. The van der Waals surface area contributed by atoms with Crippen LogP contribution >= 0.6 is 17.9 Å². The van der Waals surface area contributed by atoms with Crippen molar-refractivity contribution in [1.29, 1.82) is 0 Å². The van der Waals surface area contributed by atoms with E-state index in [0.717, 1.165) is 0 Å².